The first kappa shape index (κ1) is 16.0. The predicted molar refractivity (Wildman–Crippen MR) is 98.4 cm³/mol. The zero-order valence-corrected chi connectivity index (χ0v) is 14.9. The summed E-state index contributed by atoms with van der Waals surface area (Å²) in [5, 5.41) is 11.9. The Kier molecular flexibility index (Phi) is 3.70. The van der Waals surface area contributed by atoms with Gasteiger partial charge in [0, 0.05) is 18.2 Å². The van der Waals surface area contributed by atoms with E-state index in [1.807, 2.05) is 12.3 Å². The molecular weight excluding hydrogens is 344 g/mol. The first-order valence-corrected chi connectivity index (χ1v) is 9.26. The molecule has 3 atom stereocenters. The van der Waals surface area contributed by atoms with E-state index in [0.29, 0.717) is 11.7 Å². The van der Waals surface area contributed by atoms with E-state index in [1.165, 1.54) is 6.26 Å². The van der Waals surface area contributed by atoms with Crippen molar-refractivity contribution in [3.63, 3.8) is 0 Å². The highest BCUT2D eigenvalue weighted by Crippen LogP contribution is 2.41. The molecule has 0 saturated heterocycles. The maximum absolute atomic E-state index is 12.4. The molecule has 1 saturated carbocycles. The molecule has 27 heavy (non-hydrogen) atoms. The van der Waals surface area contributed by atoms with Gasteiger partial charge in [0.15, 0.2) is 17.1 Å². The highest BCUT2D eigenvalue weighted by Gasteiger charge is 2.38. The van der Waals surface area contributed by atoms with Crippen LogP contribution in [-0.4, -0.2) is 36.5 Å². The van der Waals surface area contributed by atoms with Crippen LogP contribution in [0.1, 0.15) is 48.5 Å². The van der Waals surface area contributed by atoms with E-state index >= 15 is 0 Å². The Labute approximate surface area is 155 Å². The summed E-state index contributed by atoms with van der Waals surface area (Å²) < 4.78 is 7.29. The fourth-order valence-corrected chi connectivity index (χ4v) is 4.31. The molecule has 5 rings (SSSR count). The average Bonchev–Trinajstić information content (AvgIpc) is 3.45. The van der Waals surface area contributed by atoms with Crippen LogP contribution in [0.2, 0.25) is 0 Å². The second-order valence-electron chi connectivity index (χ2n) is 7.12. The number of amides is 1. The summed E-state index contributed by atoms with van der Waals surface area (Å²) in [4.78, 5) is 19.9. The first-order valence-electron chi connectivity index (χ1n) is 9.26. The number of rotatable bonds is 4. The van der Waals surface area contributed by atoms with Crippen LogP contribution in [0.5, 0.6) is 0 Å². The molecule has 0 bridgehead atoms. The lowest BCUT2D eigenvalue weighted by molar-refractivity contribution is 0.0909. The number of hydrogen-bond acceptors (Lipinski definition) is 5. The van der Waals surface area contributed by atoms with E-state index in [4.69, 9.17) is 4.42 Å². The number of carbonyl (C=O) groups is 1. The van der Waals surface area contributed by atoms with Crippen molar-refractivity contribution in [2.75, 3.05) is 0 Å². The molecule has 0 aliphatic heterocycles. The smallest absolute Gasteiger partial charge is 0.287 e. The largest absolute Gasteiger partial charge is 0.459 e. The van der Waals surface area contributed by atoms with Crippen molar-refractivity contribution >= 4 is 22.7 Å². The highest BCUT2D eigenvalue weighted by atomic mass is 16.3. The number of nitrogens with one attached hydrogen (secondary N) is 2. The Bertz CT molecular complexity index is 1100. The van der Waals surface area contributed by atoms with E-state index in [2.05, 4.69) is 36.8 Å². The summed E-state index contributed by atoms with van der Waals surface area (Å²) in [6.07, 6.45) is 7.90. The highest BCUT2D eigenvalue weighted by molar-refractivity contribution is 5.91. The summed E-state index contributed by atoms with van der Waals surface area (Å²) in [5.74, 6) is 1.79. The number of aromatic amines is 1. The molecule has 4 aromatic heterocycles. The van der Waals surface area contributed by atoms with Crippen molar-refractivity contribution in [3.8, 4) is 0 Å². The fourth-order valence-electron chi connectivity index (χ4n) is 4.31. The van der Waals surface area contributed by atoms with Crippen LogP contribution < -0.4 is 5.32 Å². The maximum Gasteiger partial charge on any atom is 0.287 e. The Balaban J connectivity index is 1.47. The second kappa shape index (κ2) is 6.22. The molecule has 138 valence electrons. The number of nitrogens with zero attached hydrogens (tertiary/aromatic N) is 4. The molecule has 1 amide bonds. The van der Waals surface area contributed by atoms with Crippen LogP contribution in [0.25, 0.3) is 16.8 Å². The lowest BCUT2D eigenvalue weighted by Gasteiger charge is -2.15. The third-order valence-electron chi connectivity index (χ3n) is 5.60. The topological polar surface area (TPSA) is 101 Å². The van der Waals surface area contributed by atoms with Gasteiger partial charge in [-0.15, -0.1) is 10.2 Å². The van der Waals surface area contributed by atoms with Gasteiger partial charge >= 0.3 is 0 Å². The van der Waals surface area contributed by atoms with Gasteiger partial charge in [-0.05, 0) is 37.0 Å². The Hall–Kier alpha value is -3.16. The molecule has 1 aliphatic carbocycles. The van der Waals surface area contributed by atoms with Gasteiger partial charge in [0.25, 0.3) is 5.91 Å². The lowest BCUT2D eigenvalue weighted by atomic mass is 9.93. The van der Waals surface area contributed by atoms with E-state index in [9.17, 15) is 4.79 Å². The number of aromatic nitrogens is 5. The Morgan fingerprint density at radius 3 is 3.11 bits per heavy atom. The summed E-state index contributed by atoms with van der Waals surface area (Å²) in [6, 6.07) is 5.49. The molecule has 4 aromatic rings. The summed E-state index contributed by atoms with van der Waals surface area (Å²) in [5.41, 5.74) is 2.54. The van der Waals surface area contributed by atoms with Gasteiger partial charge < -0.3 is 14.7 Å². The summed E-state index contributed by atoms with van der Waals surface area (Å²) in [6.45, 7) is 2.19. The van der Waals surface area contributed by atoms with Crippen LogP contribution in [0.3, 0.4) is 0 Å². The van der Waals surface area contributed by atoms with Crippen LogP contribution >= 0.6 is 0 Å². The monoisotopic (exact) mass is 364 g/mol. The quantitative estimate of drug-likeness (QED) is 0.580. The van der Waals surface area contributed by atoms with Gasteiger partial charge in [-0.3, -0.25) is 9.20 Å². The van der Waals surface area contributed by atoms with Crippen molar-refractivity contribution in [3.05, 3.63) is 48.4 Å². The zero-order chi connectivity index (χ0) is 18.4. The number of carbonyl (C=O) groups excluding carboxylic acids is 1. The van der Waals surface area contributed by atoms with Crippen LogP contribution in [-0.2, 0) is 0 Å². The lowest BCUT2D eigenvalue weighted by Crippen LogP contribution is -2.32. The minimum absolute atomic E-state index is 0.0912. The molecular formula is C19H20N6O2. The van der Waals surface area contributed by atoms with Crippen LogP contribution in [0.15, 0.2) is 41.3 Å². The molecule has 8 nitrogen and oxygen atoms in total. The average molecular weight is 364 g/mol. The number of H-pyrrole nitrogens is 1. The molecule has 2 N–H and O–H groups in total. The number of fused-ring (bicyclic) bond motifs is 3. The normalized spacial score (nSPS) is 22.6. The molecule has 1 aliphatic rings. The standard InChI is InChI=1S/C19H20N6O2/c1-2-11-8-12(22-19(26)15-4-3-7-27-15)9-13(11)18-24-23-16-10-21-17-14(25(16)18)5-6-20-17/h3-7,10-13,20H,2,8-9H2,1H3,(H,22,26)/t11-,12+,13+/m1/s1. The van der Waals surface area contributed by atoms with E-state index in [-0.39, 0.29) is 17.9 Å². The zero-order valence-electron chi connectivity index (χ0n) is 14.9. The molecule has 4 heterocycles. The Morgan fingerprint density at radius 2 is 2.30 bits per heavy atom. The van der Waals surface area contributed by atoms with Crippen molar-refractivity contribution in [2.24, 2.45) is 5.92 Å². The van der Waals surface area contributed by atoms with E-state index in [1.54, 1.807) is 18.3 Å². The van der Waals surface area contributed by atoms with Gasteiger partial charge in [-0.2, -0.15) is 0 Å². The number of furan rings is 1. The third-order valence-corrected chi connectivity index (χ3v) is 5.60. The molecule has 1 fully saturated rings. The summed E-state index contributed by atoms with van der Waals surface area (Å²) in [7, 11) is 0. The van der Waals surface area contributed by atoms with Crippen molar-refractivity contribution < 1.29 is 9.21 Å². The van der Waals surface area contributed by atoms with Gasteiger partial charge in [0.2, 0.25) is 0 Å². The maximum atomic E-state index is 12.4. The van der Waals surface area contributed by atoms with E-state index < -0.39 is 0 Å². The second-order valence-corrected chi connectivity index (χ2v) is 7.12. The van der Waals surface area contributed by atoms with Crippen LogP contribution in [0.4, 0.5) is 0 Å². The molecule has 0 spiro atoms. The van der Waals surface area contributed by atoms with Crippen molar-refractivity contribution in [1.82, 2.24) is 29.9 Å². The van der Waals surface area contributed by atoms with Gasteiger partial charge in [-0.1, -0.05) is 13.3 Å². The van der Waals surface area contributed by atoms with E-state index in [0.717, 1.165) is 41.9 Å². The van der Waals surface area contributed by atoms with Gasteiger partial charge in [-0.25, -0.2) is 4.98 Å². The summed E-state index contributed by atoms with van der Waals surface area (Å²) >= 11 is 0. The Morgan fingerprint density at radius 1 is 1.37 bits per heavy atom. The molecule has 0 radical (unpaired) electrons. The van der Waals surface area contributed by atoms with Crippen molar-refractivity contribution in [2.45, 2.75) is 38.1 Å². The third kappa shape index (κ3) is 2.59. The minimum Gasteiger partial charge on any atom is -0.459 e. The predicted octanol–water partition coefficient (Wildman–Crippen LogP) is 2.90. The number of hydrogen-bond donors (Lipinski definition) is 2. The minimum atomic E-state index is -0.163. The van der Waals surface area contributed by atoms with Crippen LogP contribution in [0, 0.1) is 5.92 Å². The van der Waals surface area contributed by atoms with Gasteiger partial charge in [0.05, 0.1) is 18.0 Å². The van der Waals surface area contributed by atoms with Crippen molar-refractivity contribution in [1.29, 1.82) is 0 Å². The fraction of sp³-hybridized carbons (Fsp3) is 0.368. The SMILES string of the molecule is CC[C@@H]1C[C@H](NC(=O)c2ccco2)C[C@@H]1c1nnc2cnc3[nH]ccc3n12. The van der Waals surface area contributed by atoms with Gasteiger partial charge in [0.1, 0.15) is 5.82 Å². The molecule has 0 aromatic carbocycles. The molecule has 8 heteroatoms. The molecule has 0 unspecified atom stereocenters. The first-order chi connectivity index (χ1) is 13.2.